The number of furan rings is 1. The maximum absolute atomic E-state index is 11.7. The van der Waals surface area contributed by atoms with Crippen LogP contribution in [0.5, 0.6) is 5.88 Å². The Morgan fingerprint density at radius 1 is 1.19 bits per heavy atom. The summed E-state index contributed by atoms with van der Waals surface area (Å²) in [5.74, 6) is 1.11. The average molecular weight is 458 g/mol. The van der Waals surface area contributed by atoms with Gasteiger partial charge in [-0.2, -0.15) is 9.50 Å². The molecule has 1 unspecified atom stereocenters. The number of aromatic hydroxyl groups is 1. The van der Waals surface area contributed by atoms with Crippen molar-refractivity contribution in [2.45, 2.75) is 13.0 Å². The summed E-state index contributed by atoms with van der Waals surface area (Å²) < 4.78 is 6.82. The largest absolute Gasteiger partial charge is 0.492 e. The zero-order valence-corrected chi connectivity index (χ0v) is 18.3. The fraction of sp³-hybridized carbons (Fsp3) is 0.286. The fourth-order valence-corrected chi connectivity index (χ4v) is 5.15. The van der Waals surface area contributed by atoms with Crippen LogP contribution in [0, 0.1) is 0 Å². The molecule has 3 aromatic heterocycles. The van der Waals surface area contributed by atoms with Crippen LogP contribution in [0.2, 0.25) is 5.02 Å². The molecule has 1 saturated heterocycles. The van der Waals surface area contributed by atoms with Gasteiger partial charge in [0.2, 0.25) is 22.6 Å². The maximum Gasteiger partial charge on any atom is 0.230 e. The van der Waals surface area contributed by atoms with Crippen molar-refractivity contribution in [2.75, 3.05) is 26.2 Å². The van der Waals surface area contributed by atoms with E-state index < -0.39 is 0 Å². The zero-order valence-electron chi connectivity index (χ0n) is 16.7. The summed E-state index contributed by atoms with van der Waals surface area (Å²) in [6.07, 6.45) is 1.56. The molecular weight excluding hydrogens is 438 g/mol. The quantitative estimate of drug-likeness (QED) is 0.503. The normalized spacial score (nSPS) is 16.1. The monoisotopic (exact) mass is 457 g/mol. The van der Waals surface area contributed by atoms with E-state index in [9.17, 15) is 9.90 Å². The van der Waals surface area contributed by atoms with Gasteiger partial charge in [0.05, 0.1) is 17.2 Å². The number of amides is 1. The Morgan fingerprint density at radius 3 is 2.55 bits per heavy atom. The number of fused-ring (bicyclic) bond motifs is 1. The summed E-state index contributed by atoms with van der Waals surface area (Å²) in [7, 11) is 0. The molecule has 1 amide bonds. The van der Waals surface area contributed by atoms with Crippen LogP contribution >= 0.6 is 22.9 Å². The molecule has 0 saturated carbocycles. The number of thiazole rings is 1. The van der Waals surface area contributed by atoms with Gasteiger partial charge in [-0.3, -0.25) is 9.69 Å². The highest BCUT2D eigenvalue weighted by Gasteiger charge is 2.32. The van der Waals surface area contributed by atoms with E-state index in [0.717, 1.165) is 10.4 Å². The number of carbonyl (C=O) groups excluding carboxylic acids is 1. The molecule has 10 heteroatoms. The molecule has 1 aliphatic rings. The highest BCUT2D eigenvalue weighted by molar-refractivity contribution is 7.17. The first kappa shape index (κ1) is 20.0. The third kappa shape index (κ3) is 3.69. The van der Waals surface area contributed by atoms with Gasteiger partial charge in [-0.05, 0) is 29.8 Å². The number of aromatic nitrogens is 3. The molecule has 0 aliphatic carbocycles. The Hall–Kier alpha value is -2.88. The summed E-state index contributed by atoms with van der Waals surface area (Å²) in [6.45, 7) is 4.26. The van der Waals surface area contributed by atoms with Crippen molar-refractivity contribution in [3.63, 3.8) is 0 Å². The van der Waals surface area contributed by atoms with Crippen LogP contribution in [0.3, 0.4) is 0 Å². The van der Waals surface area contributed by atoms with Crippen LogP contribution in [0.1, 0.15) is 23.4 Å². The van der Waals surface area contributed by atoms with Gasteiger partial charge in [0, 0.05) is 38.1 Å². The number of benzene rings is 1. The molecule has 0 bridgehead atoms. The van der Waals surface area contributed by atoms with Crippen LogP contribution in [0.15, 0.2) is 47.1 Å². The van der Waals surface area contributed by atoms with Gasteiger partial charge >= 0.3 is 0 Å². The number of hydrogen-bond acceptors (Lipinski definition) is 7. The van der Waals surface area contributed by atoms with Gasteiger partial charge in [0.25, 0.3) is 0 Å². The number of halogens is 1. The number of piperazine rings is 1. The second kappa shape index (κ2) is 7.99. The smallest absolute Gasteiger partial charge is 0.230 e. The third-order valence-electron chi connectivity index (χ3n) is 5.50. The molecule has 5 rings (SSSR count). The Morgan fingerprint density at radius 2 is 1.94 bits per heavy atom. The minimum atomic E-state index is -0.202. The molecule has 1 aromatic carbocycles. The second-order valence-electron chi connectivity index (χ2n) is 7.39. The van der Waals surface area contributed by atoms with Crippen molar-refractivity contribution in [1.29, 1.82) is 0 Å². The van der Waals surface area contributed by atoms with Gasteiger partial charge < -0.3 is 14.4 Å². The van der Waals surface area contributed by atoms with E-state index in [-0.39, 0.29) is 17.8 Å². The zero-order chi connectivity index (χ0) is 21.5. The van der Waals surface area contributed by atoms with E-state index >= 15 is 0 Å². The van der Waals surface area contributed by atoms with Crippen molar-refractivity contribution in [2.24, 2.45) is 0 Å². The minimum Gasteiger partial charge on any atom is -0.492 e. The summed E-state index contributed by atoms with van der Waals surface area (Å²) in [4.78, 5) is 21.7. The van der Waals surface area contributed by atoms with Crippen LogP contribution in [-0.4, -0.2) is 61.6 Å². The van der Waals surface area contributed by atoms with E-state index in [0.29, 0.717) is 47.7 Å². The van der Waals surface area contributed by atoms with Crippen molar-refractivity contribution in [3.8, 4) is 17.5 Å². The molecule has 0 radical (unpaired) electrons. The van der Waals surface area contributed by atoms with E-state index in [1.807, 2.05) is 29.2 Å². The molecular formula is C21H20ClN5O3S. The highest BCUT2D eigenvalue weighted by atomic mass is 35.5. The van der Waals surface area contributed by atoms with Gasteiger partial charge in [-0.15, -0.1) is 5.10 Å². The Bertz CT molecular complexity index is 1210. The first-order chi connectivity index (χ1) is 15.0. The molecule has 1 N–H and O–H groups in total. The van der Waals surface area contributed by atoms with Crippen LogP contribution in [0.4, 0.5) is 0 Å². The summed E-state index contributed by atoms with van der Waals surface area (Å²) in [5.41, 5.74) is 1.01. The predicted octanol–water partition coefficient (Wildman–Crippen LogP) is 3.66. The van der Waals surface area contributed by atoms with Gasteiger partial charge in [0.1, 0.15) is 0 Å². The minimum absolute atomic E-state index is 0.0549. The van der Waals surface area contributed by atoms with Crippen molar-refractivity contribution < 1.29 is 14.3 Å². The number of rotatable bonds is 4. The van der Waals surface area contributed by atoms with E-state index in [4.69, 9.17) is 16.0 Å². The van der Waals surface area contributed by atoms with Gasteiger partial charge in [0.15, 0.2) is 5.76 Å². The Balaban J connectivity index is 1.54. The molecule has 1 fully saturated rings. The standard InChI is InChI=1S/C21H20ClN5O3S/c1-13(28)25-8-10-26(11-9-25)17(14-4-6-15(22)7-5-14)18-20(29)27-21(31-18)23-19(24-27)16-3-2-12-30-16/h2-7,12,17,29H,8-11H2,1H3. The highest BCUT2D eigenvalue weighted by Crippen LogP contribution is 2.41. The van der Waals surface area contributed by atoms with Crippen molar-refractivity contribution in [3.05, 3.63) is 58.1 Å². The average Bonchev–Trinajstić information content (AvgIpc) is 3.49. The first-order valence-corrected chi connectivity index (χ1v) is 11.1. The van der Waals surface area contributed by atoms with Crippen molar-refractivity contribution >= 4 is 33.8 Å². The van der Waals surface area contributed by atoms with Gasteiger partial charge in [-0.25, -0.2) is 0 Å². The third-order valence-corrected chi connectivity index (χ3v) is 6.82. The molecule has 0 spiro atoms. The molecule has 8 nitrogen and oxygen atoms in total. The summed E-state index contributed by atoms with van der Waals surface area (Å²) in [5, 5.41) is 16.2. The number of hydrogen-bond donors (Lipinski definition) is 1. The maximum atomic E-state index is 11.7. The molecule has 4 heterocycles. The van der Waals surface area contributed by atoms with E-state index in [1.54, 1.807) is 25.3 Å². The summed E-state index contributed by atoms with van der Waals surface area (Å²) in [6, 6.07) is 11.0. The lowest BCUT2D eigenvalue weighted by atomic mass is 10.0. The van der Waals surface area contributed by atoms with Crippen molar-refractivity contribution in [1.82, 2.24) is 24.4 Å². The lowest BCUT2D eigenvalue weighted by Gasteiger charge is -2.38. The second-order valence-corrected chi connectivity index (χ2v) is 8.84. The summed E-state index contributed by atoms with van der Waals surface area (Å²) >= 11 is 7.50. The fourth-order valence-electron chi connectivity index (χ4n) is 3.91. The molecule has 1 aliphatic heterocycles. The van der Waals surface area contributed by atoms with Crippen LogP contribution in [-0.2, 0) is 4.79 Å². The number of carbonyl (C=O) groups is 1. The first-order valence-electron chi connectivity index (χ1n) is 9.88. The topological polar surface area (TPSA) is 87.1 Å². The number of nitrogens with zero attached hydrogens (tertiary/aromatic N) is 5. The van der Waals surface area contributed by atoms with Crippen LogP contribution < -0.4 is 0 Å². The predicted molar refractivity (Wildman–Crippen MR) is 117 cm³/mol. The van der Waals surface area contributed by atoms with Crippen LogP contribution in [0.25, 0.3) is 16.5 Å². The van der Waals surface area contributed by atoms with E-state index in [2.05, 4.69) is 15.0 Å². The Kier molecular flexibility index (Phi) is 5.17. The molecule has 31 heavy (non-hydrogen) atoms. The SMILES string of the molecule is CC(=O)N1CCN(C(c2ccc(Cl)cc2)c2sc3nc(-c4ccco4)nn3c2O)CC1. The molecule has 4 aromatic rings. The lowest BCUT2D eigenvalue weighted by molar-refractivity contribution is -0.130. The Labute approximate surface area is 187 Å². The lowest BCUT2D eigenvalue weighted by Crippen LogP contribution is -2.49. The molecule has 160 valence electrons. The molecule has 1 atom stereocenters. The van der Waals surface area contributed by atoms with Gasteiger partial charge in [-0.1, -0.05) is 35.1 Å². The van der Waals surface area contributed by atoms with E-state index in [1.165, 1.54) is 15.9 Å².